The second-order valence-electron chi connectivity index (χ2n) is 5.78. The minimum atomic E-state index is -0.328. The lowest BCUT2D eigenvalue weighted by Crippen LogP contribution is -2.35. The van der Waals surface area contributed by atoms with Crippen molar-refractivity contribution in [1.82, 2.24) is 19.6 Å². The van der Waals surface area contributed by atoms with E-state index in [1.54, 1.807) is 17.6 Å². The quantitative estimate of drug-likeness (QED) is 0.694. The molecule has 0 saturated heterocycles. The van der Waals surface area contributed by atoms with Gasteiger partial charge in [0, 0.05) is 26.1 Å². The van der Waals surface area contributed by atoms with E-state index in [1.165, 1.54) is 0 Å². The van der Waals surface area contributed by atoms with Crippen LogP contribution < -0.4 is 5.76 Å². The van der Waals surface area contributed by atoms with Crippen LogP contribution in [-0.2, 0) is 13.1 Å². The van der Waals surface area contributed by atoms with Gasteiger partial charge >= 0.3 is 5.76 Å². The van der Waals surface area contributed by atoms with Crippen LogP contribution in [0.2, 0.25) is 0 Å². The van der Waals surface area contributed by atoms with Crippen LogP contribution in [-0.4, -0.2) is 32.2 Å². The van der Waals surface area contributed by atoms with Crippen LogP contribution in [0.15, 0.2) is 38.0 Å². The summed E-state index contributed by atoms with van der Waals surface area (Å²) in [6, 6.07) is 7.74. The van der Waals surface area contributed by atoms with E-state index in [9.17, 15) is 4.79 Å². The fourth-order valence-corrected chi connectivity index (χ4v) is 2.56. The fraction of sp³-hybridized carbons (Fsp3) is 0.438. The number of para-hydroxylation sites is 2. The van der Waals surface area contributed by atoms with Crippen molar-refractivity contribution in [2.24, 2.45) is 0 Å². The Morgan fingerprint density at radius 3 is 2.78 bits per heavy atom. The van der Waals surface area contributed by atoms with Gasteiger partial charge in [0.25, 0.3) is 0 Å². The molecule has 0 amide bonds. The van der Waals surface area contributed by atoms with E-state index < -0.39 is 0 Å². The van der Waals surface area contributed by atoms with Gasteiger partial charge < -0.3 is 8.94 Å². The normalized spacial score (nSPS) is 11.9. The fourth-order valence-electron chi connectivity index (χ4n) is 2.56. The highest BCUT2D eigenvalue weighted by Crippen LogP contribution is 2.12. The maximum Gasteiger partial charge on any atom is 0.419 e. The van der Waals surface area contributed by atoms with Crippen molar-refractivity contribution in [2.45, 2.75) is 39.9 Å². The minimum Gasteiger partial charge on any atom is -0.408 e. The van der Waals surface area contributed by atoms with Gasteiger partial charge in [-0.05, 0) is 26.0 Å². The Morgan fingerprint density at radius 1 is 1.30 bits per heavy atom. The number of hydrogen-bond donors (Lipinski definition) is 0. The number of aryl methyl sites for hydroxylation is 1. The molecule has 2 heterocycles. The summed E-state index contributed by atoms with van der Waals surface area (Å²) in [6.45, 7) is 7.79. The average Bonchev–Trinajstić information content (AvgIpc) is 3.06. The van der Waals surface area contributed by atoms with Gasteiger partial charge in [0.1, 0.15) is 0 Å². The summed E-state index contributed by atoms with van der Waals surface area (Å²) in [7, 11) is 0. The first-order chi connectivity index (χ1) is 11.0. The third-order valence-corrected chi connectivity index (χ3v) is 3.83. The van der Waals surface area contributed by atoms with Crippen molar-refractivity contribution < 1.29 is 8.94 Å². The SMILES string of the molecule is Cc1nc(CN(CCn2c(=O)oc3ccccc32)C(C)C)no1. The van der Waals surface area contributed by atoms with E-state index in [4.69, 9.17) is 8.94 Å². The molecule has 0 fully saturated rings. The standard InChI is InChI=1S/C16H20N4O3/c1-11(2)19(10-15-17-12(3)23-18-15)8-9-20-13-6-4-5-7-14(13)22-16(20)21/h4-7,11H,8-10H2,1-3H3. The van der Waals surface area contributed by atoms with Crippen molar-refractivity contribution in [2.75, 3.05) is 6.54 Å². The van der Waals surface area contributed by atoms with Crippen molar-refractivity contribution in [3.8, 4) is 0 Å². The highest BCUT2D eigenvalue weighted by molar-refractivity contribution is 5.72. The van der Waals surface area contributed by atoms with Crippen LogP contribution in [0.3, 0.4) is 0 Å². The first kappa shape index (κ1) is 15.5. The largest absolute Gasteiger partial charge is 0.419 e. The lowest BCUT2D eigenvalue weighted by atomic mass is 10.3. The lowest BCUT2D eigenvalue weighted by Gasteiger charge is -2.24. The molecule has 122 valence electrons. The molecular formula is C16H20N4O3. The number of benzene rings is 1. The Hall–Kier alpha value is -2.41. The summed E-state index contributed by atoms with van der Waals surface area (Å²) in [4.78, 5) is 18.5. The van der Waals surface area contributed by atoms with Crippen molar-refractivity contribution >= 4 is 11.1 Å². The topological polar surface area (TPSA) is 77.3 Å². The monoisotopic (exact) mass is 316 g/mol. The maximum atomic E-state index is 12.0. The smallest absolute Gasteiger partial charge is 0.408 e. The van der Waals surface area contributed by atoms with Gasteiger partial charge in [-0.2, -0.15) is 4.98 Å². The Bertz CT molecular complexity index is 846. The first-order valence-corrected chi connectivity index (χ1v) is 7.66. The molecule has 0 radical (unpaired) electrons. The van der Waals surface area contributed by atoms with E-state index in [-0.39, 0.29) is 5.76 Å². The van der Waals surface area contributed by atoms with Gasteiger partial charge in [0.05, 0.1) is 12.1 Å². The molecule has 1 aromatic carbocycles. The Labute approximate surface area is 133 Å². The predicted octanol–water partition coefficient (Wildman–Crippen LogP) is 2.20. The van der Waals surface area contributed by atoms with Gasteiger partial charge in [-0.15, -0.1) is 0 Å². The van der Waals surface area contributed by atoms with Gasteiger partial charge in [-0.1, -0.05) is 17.3 Å². The van der Waals surface area contributed by atoms with E-state index in [0.717, 1.165) is 5.52 Å². The Morgan fingerprint density at radius 2 is 2.09 bits per heavy atom. The number of fused-ring (bicyclic) bond motifs is 1. The second-order valence-corrected chi connectivity index (χ2v) is 5.78. The summed E-state index contributed by atoms with van der Waals surface area (Å²) < 4.78 is 11.9. The van der Waals surface area contributed by atoms with Crippen LogP contribution in [0.25, 0.3) is 11.1 Å². The van der Waals surface area contributed by atoms with Gasteiger partial charge in [0.15, 0.2) is 11.4 Å². The molecule has 0 saturated carbocycles. The molecule has 7 nitrogen and oxygen atoms in total. The number of hydrogen-bond acceptors (Lipinski definition) is 6. The zero-order valence-corrected chi connectivity index (χ0v) is 13.5. The number of nitrogens with zero attached hydrogens (tertiary/aromatic N) is 4. The highest BCUT2D eigenvalue weighted by atomic mass is 16.5. The molecule has 23 heavy (non-hydrogen) atoms. The van der Waals surface area contributed by atoms with Crippen molar-refractivity contribution in [1.29, 1.82) is 0 Å². The van der Waals surface area contributed by atoms with E-state index in [2.05, 4.69) is 28.9 Å². The van der Waals surface area contributed by atoms with Gasteiger partial charge in [-0.3, -0.25) is 9.47 Å². The molecular weight excluding hydrogens is 296 g/mol. The average molecular weight is 316 g/mol. The molecule has 0 aliphatic heterocycles. The molecule has 3 aromatic rings. The van der Waals surface area contributed by atoms with Crippen LogP contribution in [0.4, 0.5) is 0 Å². The van der Waals surface area contributed by atoms with Gasteiger partial charge in [-0.25, -0.2) is 4.79 Å². The van der Waals surface area contributed by atoms with E-state index in [1.807, 2.05) is 18.2 Å². The van der Waals surface area contributed by atoms with Crippen molar-refractivity contribution in [3.63, 3.8) is 0 Å². The number of aromatic nitrogens is 3. The Kier molecular flexibility index (Phi) is 4.29. The molecule has 0 atom stereocenters. The van der Waals surface area contributed by atoms with Gasteiger partial charge in [0.2, 0.25) is 5.89 Å². The second kappa shape index (κ2) is 6.37. The third kappa shape index (κ3) is 3.34. The molecule has 0 aliphatic rings. The van der Waals surface area contributed by atoms with E-state index >= 15 is 0 Å². The molecule has 3 rings (SSSR count). The third-order valence-electron chi connectivity index (χ3n) is 3.83. The molecule has 0 aliphatic carbocycles. The van der Waals surface area contributed by atoms with E-state index in [0.29, 0.717) is 43.0 Å². The highest BCUT2D eigenvalue weighted by Gasteiger charge is 2.15. The zero-order valence-electron chi connectivity index (χ0n) is 13.5. The lowest BCUT2D eigenvalue weighted by molar-refractivity contribution is 0.196. The van der Waals surface area contributed by atoms with Crippen LogP contribution in [0.5, 0.6) is 0 Å². The molecule has 7 heteroatoms. The molecule has 2 aromatic heterocycles. The molecule has 0 N–H and O–H groups in total. The predicted molar refractivity (Wildman–Crippen MR) is 85.1 cm³/mol. The minimum absolute atomic E-state index is 0.294. The van der Waals surface area contributed by atoms with Crippen LogP contribution in [0, 0.1) is 6.92 Å². The maximum absolute atomic E-state index is 12.0. The van der Waals surface area contributed by atoms with Crippen LogP contribution in [0.1, 0.15) is 25.6 Å². The Balaban J connectivity index is 1.75. The molecule has 0 spiro atoms. The summed E-state index contributed by atoms with van der Waals surface area (Å²) >= 11 is 0. The first-order valence-electron chi connectivity index (χ1n) is 7.66. The number of rotatable bonds is 6. The van der Waals surface area contributed by atoms with Crippen LogP contribution >= 0.6 is 0 Å². The zero-order chi connectivity index (χ0) is 16.4. The van der Waals surface area contributed by atoms with Crippen molar-refractivity contribution in [3.05, 3.63) is 46.5 Å². The summed E-state index contributed by atoms with van der Waals surface area (Å²) in [5.41, 5.74) is 1.43. The summed E-state index contributed by atoms with van der Waals surface area (Å²) in [5.74, 6) is 0.881. The summed E-state index contributed by atoms with van der Waals surface area (Å²) in [6.07, 6.45) is 0. The molecule has 0 unspecified atom stereocenters. The summed E-state index contributed by atoms with van der Waals surface area (Å²) in [5, 5.41) is 3.94. The number of oxazole rings is 1. The molecule has 0 bridgehead atoms.